The van der Waals surface area contributed by atoms with Crippen molar-refractivity contribution in [1.29, 1.82) is 0 Å². The maximum atomic E-state index is 10.7. The lowest BCUT2D eigenvalue weighted by Gasteiger charge is -2.35. The van der Waals surface area contributed by atoms with Crippen molar-refractivity contribution >= 4 is 29.2 Å². The fraction of sp³-hybridized carbons (Fsp3) is 0.533. The van der Waals surface area contributed by atoms with E-state index in [1.165, 1.54) is 6.42 Å². The lowest BCUT2D eigenvalue weighted by atomic mass is 9.97. The normalized spacial score (nSPS) is 20.0. The molecule has 0 aliphatic carbocycles. The molecule has 1 aromatic rings. The minimum atomic E-state index is -0.726. The molecule has 0 saturated carbocycles. The molecule has 2 rings (SSSR count). The van der Waals surface area contributed by atoms with Gasteiger partial charge in [0, 0.05) is 19.0 Å². The van der Waals surface area contributed by atoms with E-state index < -0.39 is 5.97 Å². The van der Waals surface area contributed by atoms with Crippen LogP contribution in [0.15, 0.2) is 18.2 Å². The second-order valence-electron chi connectivity index (χ2n) is 5.27. The Kier molecular flexibility index (Phi) is 5.70. The Labute approximate surface area is 129 Å². The molecule has 5 heteroatoms. The van der Waals surface area contributed by atoms with Gasteiger partial charge in [0.2, 0.25) is 0 Å². The highest BCUT2D eigenvalue weighted by molar-refractivity contribution is 6.42. The number of carboxylic acid groups (broad SMARTS) is 1. The van der Waals surface area contributed by atoms with E-state index in [2.05, 4.69) is 4.90 Å². The summed E-state index contributed by atoms with van der Waals surface area (Å²) in [6.45, 7) is 1.73. The first-order valence-electron chi connectivity index (χ1n) is 6.96. The number of hydrogen-bond acceptors (Lipinski definition) is 2. The number of carboxylic acids is 1. The molecule has 1 aliphatic rings. The number of piperidine rings is 1. The molecule has 0 amide bonds. The molecule has 20 heavy (non-hydrogen) atoms. The predicted molar refractivity (Wildman–Crippen MR) is 81.4 cm³/mol. The SMILES string of the molecule is O=C(O)CCC1CCCCN1Cc1cccc(Cl)c1Cl. The van der Waals surface area contributed by atoms with Gasteiger partial charge in [-0.15, -0.1) is 0 Å². The van der Waals surface area contributed by atoms with Crippen LogP contribution >= 0.6 is 23.2 Å². The van der Waals surface area contributed by atoms with E-state index in [0.29, 0.717) is 22.5 Å². The predicted octanol–water partition coefficient (Wildman–Crippen LogP) is 4.21. The molecule has 1 aliphatic heterocycles. The maximum absolute atomic E-state index is 10.7. The van der Waals surface area contributed by atoms with Crippen LogP contribution in [0.25, 0.3) is 0 Å². The molecule has 110 valence electrons. The minimum Gasteiger partial charge on any atom is -0.481 e. The third-order valence-corrected chi connectivity index (χ3v) is 4.70. The molecule has 3 nitrogen and oxygen atoms in total. The van der Waals surface area contributed by atoms with E-state index in [4.69, 9.17) is 28.3 Å². The van der Waals surface area contributed by atoms with Crippen molar-refractivity contribution in [2.75, 3.05) is 6.54 Å². The van der Waals surface area contributed by atoms with Crippen molar-refractivity contribution < 1.29 is 9.90 Å². The number of halogens is 2. The number of nitrogens with zero attached hydrogens (tertiary/aromatic N) is 1. The first-order chi connectivity index (χ1) is 9.58. The lowest BCUT2D eigenvalue weighted by Crippen LogP contribution is -2.39. The Morgan fingerprint density at radius 1 is 1.35 bits per heavy atom. The van der Waals surface area contributed by atoms with Gasteiger partial charge in [0.1, 0.15) is 0 Å². The van der Waals surface area contributed by atoms with E-state index in [1.54, 1.807) is 6.07 Å². The summed E-state index contributed by atoms with van der Waals surface area (Å²) in [5, 5.41) is 10.0. The Morgan fingerprint density at radius 2 is 2.15 bits per heavy atom. The zero-order valence-corrected chi connectivity index (χ0v) is 12.8. The van der Waals surface area contributed by atoms with Crippen LogP contribution in [0, 0.1) is 0 Å². The molecule has 1 fully saturated rings. The average Bonchev–Trinajstić information content (AvgIpc) is 2.43. The van der Waals surface area contributed by atoms with Crippen LogP contribution in [-0.2, 0) is 11.3 Å². The Bertz CT molecular complexity index is 479. The number of carbonyl (C=O) groups is 1. The highest BCUT2D eigenvalue weighted by Crippen LogP contribution is 2.29. The molecule has 0 spiro atoms. The highest BCUT2D eigenvalue weighted by Gasteiger charge is 2.23. The van der Waals surface area contributed by atoms with Crippen LogP contribution < -0.4 is 0 Å². The topological polar surface area (TPSA) is 40.5 Å². The summed E-state index contributed by atoms with van der Waals surface area (Å²) in [5.74, 6) is -0.726. The number of likely N-dealkylation sites (tertiary alicyclic amines) is 1. The summed E-state index contributed by atoms with van der Waals surface area (Å²) < 4.78 is 0. The maximum Gasteiger partial charge on any atom is 0.303 e. The molecular weight excluding hydrogens is 297 g/mol. The molecule has 1 atom stereocenters. The van der Waals surface area contributed by atoms with Gasteiger partial charge in [-0.1, -0.05) is 41.8 Å². The van der Waals surface area contributed by atoms with Gasteiger partial charge in [0.05, 0.1) is 10.0 Å². The lowest BCUT2D eigenvalue weighted by molar-refractivity contribution is -0.137. The second kappa shape index (κ2) is 7.30. The van der Waals surface area contributed by atoms with Gasteiger partial charge in [-0.3, -0.25) is 9.69 Å². The molecule has 0 radical (unpaired) electrons. The van der Waals surface area contributed by atoms with Crippen LogP contribution in [-0.4, -0.2) is 28.6 Å². The molecule has 0 bridgehead atoms. The van der Waals surface area contributed by atoms with E-state index in [-0.39, 0.29) is 6.42 Å². The van der Waals surface area contributed by atoms with Crippen LogP contribution in [0.4, 0.5) is 0 Å². The molecule has 1 unspecified atom stereocenters. The summed E-state index contributed by atoms with van der Waals surface area (Å²) in [6, 6.07) is 6.00. The summed E-state index contributed by atoms with van der Waals surface area (Å²) >= 11 is 12.3. The fourth-order valence-electron chi connectivity index (χ4n) is 2.77. The van der Waals surface area contributed by atoms with Crippen LogP contribution in [0.2, 0.25) is 10.0 Å². The molecule has 1 aromatic carbocycles. The van der Waals surface area contributed by atoms with Gasteiger partial charge in [0.25, 0.3) is 0 Å². The monoisotopic (exact) mass is 315 g/mol. The molecular formula is C15H19Cl2NO2. The highest BCUT2D eigenvalue weighted by atomic mass is 35.5. The van der Waals surface area contributed by atoms with Crippen molar-refractivity contribution in [2.45, 2.75) is 44.7 Å². The number of aliphatic carboxylic acids is 1. The van der Waals surface area contributed by atoms with Gasteiger partial charge in [-0.25, -0.2) is 0 Å². The van der Waals surface area contributed by atoms with Gasteiger partial charge in [0.15, 0.2) is 0 Å². The summed E-state index contributed by atoms with van der Waals surface area (Å²) in [7, 11) is 0. The summed E-state index contributed by atoms with van der Waals surface area (Å²) in [6.07, 6.45) is 4.31. The zero-order chi connectivity index (χ0) is 14.5. The van der Waals surface area contributed by atoms with Crippen LogP contribution in [0.5, 0.6) is 0 Å². The molecule has 1 heterocycles. The van der Waals surface area contributed by atoms with Crippen molar-refractivity contribution in [3.05, 3.63) is 33.8 Å². The van der Waals surface area contributed by atoms with E-state index in [0.717, 1.165) is 31.5 Å². The van der Waals surface area contributed by atoms with E-state index >= 15 is 0 Å². The second-order valence-corrected chi connectivity index (χ2v) is 6.05. The summed E-state index contributed by atoms with van der Waals surface area (Å²) in [4.78, 5) is 13.1. The van der Waals surface area contributed by atoms with Gasteiger partial charge >= 0.3 is 5.97 Å². The van der Waals surface area contributed by atoms with Gasteiger partial charge < -0.3 is 5.11 Å². The molecule has 1 saturated heterocycles. The molecule has 1 N–H and O–H groups in total. The fourth-order valence-corrected chi connectivity index (χ4v) is 3.15. The first-order valence-corrected chi connectivity index (χ1v) is 7.72. The molecule has 0 aromatic heterocycles. The van der Waals surface area contributed by atoms with E-state index in [1.807, 2.05) is 12.1 Å². The Morgan fingerprint density at radius 3 is 2.90 bits per heavy atom. The standard InChI is InChI=1S/C15H19Cl2NO2/c16-13-6-3-4-11(15(13)17)10-18-9-2-1-5-12(18)7-8-14(19)20/h3-4,6,12H,1-2,5,7-10H2,(H,19,20). The van der Waals surface area contributed by atoms with Crippen LogP contribution in [0.3, 0.4) is 0 Å². The van der Waals surface area contributed by atoms with Crippen molar-refractivity contribution in [1.82, 2.24) is 4.90 Å². The van der Waals surface area contributed by atoms with Crippen molar-refractivity contribution in [3.63, 3.8) is 0 Å². The van der Waals surface area contributed by atoms with E-state index in [9.17, 15) is 4.79 Å². The van der Waals surface area contributed by atoms with Crippen molar-refractivity contribution in [2.24, 2.45) is 0 Å². The number of rotatable bonds is 5. The Hall–Kier alpha value is -0.770. The quantitative estimate of drug-likeness (QED) is 0.884. The first kappa shape index (κ1) is 15.6. The smallest absolute Gasteiger partial charge is 0.303 e. The Balaban J connectivity index is 2.04. The zero-order valence-electron chi connectivity index (χ0n) is 11.3. The van der Waals surface area contributed by atoms with Gasteiger partial charge in [-0.2, -0.15) is 0 Å². The number of benzene rings is 1. The van der Waals surface area contributed by atoms with Crippen LogP contribution in [0.1, 0.15) is 37.7 Å². The number of hydrogen-bond donors (Lipinski definition) is 1. The largest absolute Gasteiger partial charge is 0.481 e. The third kappa shape index (κ3) is 4.11. The summed E-state index contributed by atoms with van der Waals surface area (Å²) in [5.41, 5.74) is 1.02. The third-order valence-electron chi connectivity index (χ3n) is 3.85. The minimum absolute atomic E-state index is 0.227. The van der Waals surface area contributed by atoms with Crippen molar-refractivity contribution in [3.8, 4) is 0 Å². The average molecular weight is 316 g/mol. The van der Waals surface area contributed by atoms with Gasteiger partial charge in [-0.05, 0) is 37.4 Å².